The molecule has 0 bridgehead atoms. The van der Waals surface area contributed by atoms with Crippen molar-refractivity contribution in [1.29, 1.82) is 0 Å². The Morgan fingerprint density at radius 2 is 1.87 bits per heavy atom. The summed E-state index contributed by atoms with van der Waals surface area (Å²) < 4.78 is 2.11. The zero-order valence-electron chi connectivity index (χ0n) is 17.9. The van der Waals surface area contributed by atoms with Gasteiger partial charge in [0.05, 0.1) is 16.6 Å². The number of hydrogen-bond donors (Lipinski definition) is 0. The maximum absolute atomic E-state index is 13.3. The number of halogens is 1. The molecule has 0 radical (unpaired) electrons. The quantitative estimate of drug-likeness (QED) is 0.329. The molecule has 1 aromatic heterocycles. The van der Waals surface area contributed by atoms with Crippen LogP contribution in [0, 0.1) is 0 Å². The number of thioether (sulfide) groups is 1. The molecule has 0 N–H and O–H groups in total. The van der Waals surface area contributed by atoms with Gasteiger partial charge in [0.2, 0.25) is 5.91 Å². The lowest BCUT2D eigenvalue weighted by atomic mass is 10.1. The van der Waals surface area contributed by atoms with Crippen LogP contribution in [0.5, 0.6) is 0 Å². The third-order valence-electron chi connectivity index (χ3n) is 4.51. The van der Waals surface area contributed by atoms with Crippen LogP contribution in [0.25, 0.3) is 10.2 Å². The van der Waals surface area contributed by atoms with Crippen LogP contribution in [0.3, 0.4) is 0 Å². The Hall–Kier alpha value is -1.41. The molecule has 0 unspecified atom stereocenters. The molecule has 2 aromatic carbocycles. The van der Waals surface area contributed by atoms with Crippen LogP contribution in [-0.2, 0) is 11.2 Å². The Kier molecular flexibility index (Phi) is 8.34. The molecule has 0 fully saturated rings. The lowest BCUT2D eigenvalue weighted by molar-refractivity contribution is -0.118. The van der Waals surface area contributed by atoms with Gasteiger partial charge in [0.25, 0.3) is 0 Å². The number of carbonyl (C=O) groups excluding carboxylic acids is 1. The van der Waals surface area contributed by atoms with Crippen LogP contribution in [0.15, 0.2) is 51.8 Å². The Labute approximate surface area is 195 Å². The zero-order valence-corrected chi connectivity index (χ0v) is 21.1. The first-order valence-corrected chi connectivity index (χ1v) is 12.6. The third kappa shape index (κ3) is 6.54. The van der Waals surface area contributed by atoms with Crippen LogP contribution in [0.4, 0.5) is 5.13 Å². The number of amides is 1. The summed E-state index contributed by atoms with van der Waals surface area (Å²) in [5, 5.41) is 1.32. The molecule has 0 atom stereocenters. The molecule has 30 heavy (non-hydrogen) atoms. The van der Waals surface area contributed by atoms with Gasteiger partial charge in [-0.3, -0.25) is 9.69 Å². The molecular formula is C23H28BrN3OS2. The molecule has 0 aliphatic carbocycles. The van der Waals surface area contributed by atoms with Crippen molar-refractivity contribution < 1.29 is 4.79 Å². The Morgan fingerprint density at radius 1 is 1.13 bits per heavy atom. The van der Waals surface area contributed by atoms with Crippen molar-refractivity contribution in [2.75, 3.05) is 32.1 Å². The first-order chi connectivity index (χ1) is 14.3. The molecule has 4 nitrogen and oxygen atoms in total. The van der Waals surface area contributed by atoms with Crippen LogP contribution in [0.1, 0.15) is 25.8 Å². The molecule has 160 valence electrons. The number of thiazole rings is 1. The van der Waals surface area contributed by atoms with Crippen LogP contribution in [-0.4, -0.2) is 48.2 Å². The van der Waals surface area contributed by atoms with Crippen molar-refractivity contribution >= 4 is 60.3 Å². The second-order valence-electron chi connectivity index (χ2n) is 7.80. The Morgan fingerprint density at radius 3 is 2.53 bits per heavy atom. The summed E-state index contributed by atoms with van der Waals surface area (Å²) in [4.78, 5) is 23.2. The minimum absolute atomic E-state index is 0.0936. The highest BCUT2D eigenvalue weighted by atomic mass is 79.9. The fourth-order valence-corrected chi connectivity index (χ4v) is 5.50. The molecule has 3 aromatic rings. The van der Waals surface area contributed by atoms with Crippen LogP contribution in [0.2, 0.25) is 0 Å². The highest BCUT2D eigenvalue weighted by Gasteiger charge is 2.20. The molecule has 0 aliphatic rings. The second-order valence-corrected chi connectivity index (χ2v) is 11.4. The summed E-state index contributed by atoms with van der Waals surface area (Å²) in [5.41, 5.74) is 1.97. The average molecular weight is 507 g/mol. The van der Waals surface area contributed by atoms with Gasteiger partial charge < -0.3 is 4.90 Å². The summed E-state index contributed by atoms with van der Waals surface area (Å²) in [5.74, 6) is 0.0936. The van der Waals surface area contributed by atoms with Gasteiger partial charge >= 0.3 is 0 Å². The number of aromatic nitrogens is 1. The number of hydrogen-bond acceptors (Lipinski definition) is 5. The number of rotatable bonds is 9. The fourth-order valence-electron chi connectivity index (χ4n) is 3.10. The summed E-state index contributed by atoms with van der Waals surface area (Å²) >= 11 is 6.93. The largest absolute Gasteiger partial charge is 0.309 e. The van der Waals surface area contributed by atoms with Crippen molar-refractivity contribution in [3.8, 4) is 0 Å². The minimum atomic E-state index is 0.0936. The second kappa shape index (κ2) is 10.8. The van der Waals surface area contributed by atoms with Gasteiger partial charge in [0.15, 0.2) is 5.13 Å². The molecule has 0 aliphatic heterocycles. The van der Waals surface area contributed by atoms with E-state index in [2.05, 4.69) is 79.1 Å². The Bertz CT molecular complexity index is 986. The number of carbonyl (C=O) groups is 1. The highest BCUT2D eigenvalue weighted by Crippen LogP contribution is 2.31. The lowest BCUT2D eigenvalue weighted by Crippen LogP contribution is -2.34. The normalized spacial score (nSPS) is 11.6. The monoisotopic (exact) mass is 505 g/mol. The van der Waals surface area contributed by atoms with Crippen molar-refractivity contribution in [3.63, 3.8) is 0 Å². The molecular weight excluding hydrogens is 478 g/mol. The van der Waals surface area contributed by atoms with E-state index >= 15 is 0 Å². The molecule has 1 amide bonds. The first-order valence-electron chi connectivity index (χ1n) is 10.1. The zero-order chi connectivity index (χ0) is 21.7. The Balaban J connectivity index is 1.78. The topological polar surface area (TPSA) is 36.4 Å². The van der Waals surface area contributed by atoms with Gasteiger partial charge in [-0.2, -0.15) is 0 Å². The van der Waals surface area contributed by atoms with Gasteiger partial charge in [-0.15, -0.1) is 11.8 Å². The SMILES string of the molecule is CC(C)Sc1ccc(CC(=O)N(CCCN(C)C)c2nc3ccc(Br)cc3s2)cc1. The maximum atomic E-state index is 13.3. The van der Waals surface area contributed by atoms with Crippen molar-refractivity contribution in [1.82, 2.24) is 9.88 Å². The predicted molar refractivity (Wildman–Crippen MR) is 134 cm³/mol. The summed E-state index contributed by atoms with van der Waals surface area (Å²) in [6.07, 6.45) is 1.29. The molecule has 0 saturated heterocycles. The van der Waals surface area contributed by atoms with E-state index in [-0.39, 0.29) is 5.91 Å². The number of anilines is 1. The van der Waals surface area contributed by atoms with Gasteiger partial charge in [-0.1, -0.05) is 53.2 Å². The van der Waals surface area contributed by atoms with Gasteiger partial charge in [-0.05, 0) is 63.0 Å². The van der Waals surface area contributed by atoms with E-state index in [9.17, 15) is 4.79 Å². The standard InChI is InChI=1S/C23H28BrN3OS2/c1-16(2)29-19-9-6-17(7-10-19)14-22(28)27(13-5-12-26(3)4)23-25-20-11-8-18(24)15-21(20)30-23/h6-11,15-16H,5,12-14H2,1-4H3. The molecule has 3 rings (SSSR count). The molecule has 0 spiro atoms. The van der Waals surface area contributed by atoms with Gasteiger partial charge in [0.1, 0.15) is 0 Å². The minimum Gasteiger partial charge on any atom is -0.309 e. The lowest BCUT2D eigenvalue weighted by Gasteiger charge is -2.21. The van der Waals surface area contributed by atoms with Gasteiger partial charge in [-0.25, -0.2) is 4.98 Å². The molecule has 0 saturated carbocycles. The third-order valence-corrected chi connectivity index (χ3v) is 7.06. The predicted octanol–water partition coefficient (Wildman–Crippen LogP) is 6.09. The molecule has 7 heteroatoms. The van der Waals surface area contributed by atoms with E-state index in [1.807, 2.05) is 28.8 Å². The van der Waals surface area contributed by atoms with E-state index in [0.717, 1.165) is 38.3 Å². The highest BCUT2D eigenvalue weighted by molar-refractivity contribution is 9.10. The van der Waals surface area contributed by atoms with E-state index in [0.29, 0.717) is 18.2 Å². The van der Waals surface area contributed by atoms with E-state index in [4.69, 9.17) is 4.98 Å². The van der Waals surface area contributed by atoms with E-state index in [1.165, 1.54) is 4.90 Å². The van der Waals surface area contributed by atoms with E-state index < -0.39 is 0 Å². The van der Waals surface area contributed by atoms with Crippen molar-refractivity contribution in [2.24, 2.45) is 0 Å². The summed E-state index contributed by atoms with van der Waals surface area (Å²) in [6.45, 7) is 5.97. The average Bonchev–Trinajstić information content (AvgIpc) is 3.08. The van der Waals surface area contributed by atoms with Crippen molar-refractivity contribution in [3.05, 3.63) is 52.5 Å². The fraction of sp³-hybridized carbons (Fsp3) is 0.391. The van der Waals surface area contributed by atoms with Crippen LogP contribution < -0.4 is 4.90 Å². The summed E-state index contributed by atoms with van der Waals surface area (Å²) in [6, 6.07) is 14.4. The summed E-state index contributed by atoms with van der Waals surface area (Å²) in [7, 11) is 4.11. The number of fused-ring (bicyclic) bond motifs is 1. The molecule has 1 heterocycles. The first kappa shape index (κ1) is 23.3. The smallest absolute Gasteiger partial charge is 0.233 e. The van der Waals surface area contributed by atoms with Crippen molar-refractivity contribution in [2.45, 2.75) is 36.8 Å². The number of benzene rings is 2. The maximum Gasteiger partial charge on any atom is 0.233 e. The van der Waals surface area contributed by atoms with Gasteiger partial charge in [0, 0.05) is 21.2 Å². The number of nitrogens with zero attached hydrogens (tertiary/aromatic N) is 3. The van der Waals surface area contributed by atoms with E-state index in [1.54, 1.807) is 11.3 Å². The van der Waals surface area contributed by atoms with Crippen LogP contribution >= 0.6 is 39.0 Å².